The molecule has 8 aromatic carbocycles. The molecule has 0 fully saturated rings. The first-order valence-corrected chi connectivity index (χ1v) is 20.2. The van der Waals surface area contributed by atoms with Crippen LogP contribution in [0.1, 0.15) is 0 Å². The maximum atomic E-state index is 5.13. The summed E-state index contributed by atoms with van der Waals surface area (Å²) >= 11 is 0.0164. The van der Waals surface area contributed by atoms with Gasteiger partial charge in [0.05, 0.1) is 0 Å². The zero-order valence-corrected chi connectivity index (χ0v) is 31.5. The van der Waals surface area contributed by atoms with Crippen molar-refractivity contribution in [2.75, 3.05) is 0 Å². The van der Waals surface area contributed by atoms with Crippen LogP contribution in [-0.2, 0) is 0 Å². The van der Waals surface area contributed by atoms with Gasteiger partial charge in [-0.25, -0.2) is 0 Å². The Hall–Kier alpha value is -6.71. The molecule has 2 heterocycles. The normalized spacial score (nSPS) is 11.3. The summed E-state index contributed by atoms with van der Waals surface area (Å²) in [5, 5.41) is 17.0. The van der Waals surface area contributed by atoms with Crippen LogP contribution in [0.3, 0.4) is 0 Å². The van der Waals surface area contributed by atoms with E-state index >= 15 is 0 Å². The van der Waals surface area contributed by atoms with Crippen molar-refractivity contribution < 1.29 is 0 Å². The number of benzene rings is 8. The second-order valence-corrected chi connectivity index (χ2v) is 15.7. The molecule has 0 N–H and O–H groups in total. The van der Waals surface area contributed by atoms with E-state index in [4.69, 9.17) is 10.2 Å². The van der Waals surface area contributed by atoms with Gasteiger partial charge in [0, 0.05) is 0 Å². The van der Waals surface area contributed by atoms with E-state index in [1.165, 1.54) is 36.0 Å². The van der Waals surface area contributed by atoms with Gasteiger partial charge in [0.15, 0.2) is 0 Å². The van der Waals surface area contributed by atoms with Crippen LogP contribution in [0.15, 0.2) is 200 Å². The zero-order chi connectivity index (χ0) is 36.6. The number of hydrogen-bond acceptors (Lipinski definition) is 3. The third kappa shape index (κ3) is 5.80. The minimum atomic E-state index is 0.0164. The molecule has 10 aromatic rings. The van der Waals surface area contributed by atoms with E-state index in [9.17, 15) is 0 Å². The van der Waals surface area contributed by atoms with Gasteiger partial charge in [-0.2, -0.15) is 0 Å². The molecule has 55 heavy (non-hydrogen) atoms. The molecule has 0 radical (unpaired) electrons. The second kappa shape index (κ2) is 14.3. The van der Waals surface area contributed by atoms with Gasteiger partial charge in [-0.15, -0.1) is 0 Å². The summed E-state index contributed by atoms with van der Waals surface area (Å²) in [5.41, 5.74) is 15.1. The van der Waals surface area contributed by atoms with Crippen molar-refractivity contribution in [3.05, 3.63) is 200 Å². The van der Waals surface area contributed by atoms with E-state index in [1.807, 2.05) is 6.07 Å². The average Bonchev–Trinajstić information content (AvgIpc) is 3.66. The Kier molecular flexibility index (Phi) is 8.53. The molecule has 258 valence electrons. The van der Waals surface area contributed by atoms with Crippen molar-refractivity contribution in [3.63, 3.8) is 0 Å². The number of nitrogens with zero attached hydrogens (tertiary/aromatic N) is 3. The van der Waals surface area contributed by atoms with Crippen molar-refractivity contribution in [3.8, 4) is 78.1 Å². The monoisotopic (exact) mass is 767 g/mol. The molecular weight excluding hydrogens is 734 g/mol. The Morgan fingerprint density at radius 3 is 1.38 bits per heavy atom. The van der Waals surface area contributed by atoms with Crippen LogP contribution < -0.4 is 0 Å². The van der Waals surface area contributed by atoms with E-state index < -0.39 is 0 Å². The van der Waals surface area contributed by atoms with Crippen molar-refractivity contribution >= 4 is 33.8 Å². The minimum absolute atomic E-state index is 0.0164. The molecule has 0 saturated carbocycles. The first kappa shape index (κ1) is 32.9. The molecule has 2 aromatic heterocycles. The second-order valence-electron chi connectivity index (χ2n) is 13.5. The Bertz CT molecular complexity index is 2940. The van der Waals surface area contributed by atoms with Gasteiger partial charge >= 0.3 is 328 Å². The van der Waals surface area contributed by atoms with Crippen LogP contribution in [0.5, 0.6) is 0 Å². The third-order valence-electron chi connectivity index (χ3n) is 10.3. The van der Waals surface area contributed by atoms with Crippen molar-refractivity contribution in [2.45, 2.75) is 0 Å². The van der Waals surface area contributed by atoms with Crippen molar-refractivity contribution in [2.24, 2.45) is 0 Å². The average molecular weight is 767 g/mol. The van der Waals surface area contributed by atoms with Gasteiger partial charge in [-0.05, 0) is 0 Å². The fourth-order valence-electron chi connectivity index (χ4n) is 7.98. The van der Waals surface area contributed by atoms with Gasteiger partial charge in [0.2, 0.25) is 0 Å². The van der Waals surface area contributed by atoms with E-state index in [1.54, 1.807) is 0 Å². The van der Waals surface area contributed by atoms with Crippen molar-refractivity contribution in [1.82, 2.24) is 15.4 Å². The fourth-order valence-corrected chi connectivity index (χ4v) is 10.7. The Balaban J connectivity index is 1.50. The van der Waals surface area contributed by atoms with E-state index in [0.29, 0.717) is 0 Å². The molecule has 0 spiro atoms. The summed E-state index contributed by atoms with van der Waals surface area (Å²) in [6.45, 7) is 0. The molecule has 0 atom stereocenters. The van der Waals surface area contributed by atoms with Gasteiger partial charge in [0.25, 0.3) is 0 Å². The first-order chi connectivity index (χ1) is 27.3. The van der Waals surface area contributed by atoms with Crippen LogP contribution in [0, 0.1) is 0 Å². The van der Waals surface area contributed by atoms with Gasteiger partial charge in [0.1, 0.15) is 0 Å². The maximum absolute atomic E-state index is 5.13. The van der Waals surface area contributed by atoms with E-state index in [0.717, 1.165) is 61.5 Å². The number of rotatable bonds is 7. The molecule has 0 unspecified atom stereocenters. The molecule has 0 saturated heterocycles. The Labute approximate surface area is 326 Å². The molecule has 3 nitrogen and oxygen atoms in total. The Morgan fingerprint density at radius 2 is 0.764 bits per heavy atom. The van der Waals surface area contributed by atoms with Crippen LogP contribution in [0.25, 0.3) is 97.4 Å². The van der Waals surface area contributed by atoms with Crippen molar-refractivity contribution in [1.29, 1.82) is 0 Å². The van der Waals surface area contributed by atoms with Crippen LogP contribution in [-0.4, -0.2) is 29.9 Å². The van der Waals surface area contributed by atoms with Crippen LogP contribution in [0.2, 0.25) is 0 Å². The predicted molar refractivity (Wildman–Crippen MR) is 230 cm³/mol. The van der Waals surface area contributed by atoms with Gasteiger partial charge in [-0.3, -0.25) is 0 Å². The van der Waals surface area contributed by atoms with E-state index in [2.05, 4.69) is 199 Å². The molecule has 0 aliphatic heterocycles. The standard InChI is InChI=1S/C51H33N3Se/c1-6-20-34(21-7-1)39-30-16-17-31-40(39)46-43(35-22-8-2-9-23-35)44(36-24-10-3-11-25-36)51-47(41-32-18-19-33-42(41)55-51)48(46)50-45(37-26-12-4-13-27-37)49(52-54-53-50)38-28-14-5-15-29-38/h1-33H. The number of hydrogen-bond donors (Lipinski definition) is 0. The summed E-state index contributed by atoms with van der Waals surface area (Å²) in [6, 6.07) is 71.4. The molecule has 0 bridgehead atoms. The quantitative estimate of drug-likeness (QED) is 0.152. The SMILES string of the molecule is c1ccc(-c2ccccc2-c2c(-c3ccccc3)c(-c3ccccc3)c3[se]c4ccccc4c3c2-c2nnnc(-c3ccccc3)c2-c2ccccc2)cc1. The predicted octanol–water partition coefficient (Wildman–Crippen LogP) is 12.9. The molecular formula is C51H33N3Se. The molecule has 0 amide bonds. The summed E-state index contributed by atoms with van der Waals surface area (Å²) in [6.07, 6.45) is 0. The summed E-state index contributed by atoms with van der Waals surface area (Å²) in [4.78, 5) is 0. The van der Waals surface area contributed by atoms with Crippen LogP contribution >= 0.6 is 0 Å². The zero-order valence-electron chi connectivity index (χ0n) is 29.8. The molecule has 10 rings (SSSR count). The number of aromatic nitrogens is 3. The summed E-state index contributed by atoms with van der Waals surface area (Å²) < 4.78 is 2.72. The van der Waals surface area contributed by atoms with Gasteiger partial charge < -0.3 is 0 Å². The Morgan fingerprint density at radius 1 is 0.309 bits per heavy atom. The molecule has 4 heteroatoms. The van der Waals surface area contributed by atoms with Crippen LogP contribution in [0.4, 0.5) is 0 Å². The summed E-state index contributed by atoms with van der Waals surface area (Å²) in [7, 11) is 0. The molecule has 0 aliphatic carbocycles. The summed E-state index contributed by atoms with van der Waals surface area (Å²) in [5.74, 6) is 0. The number of fused-ring (bicyclic) bond motifs is 3. The first-order valence-electron chi connectivity index (χ1n) is 18.5. The fraction of sp³-hybridized carbons (Fsp3) is 0. The molecule has 0 aliphatic rings. The van der Waals surface area contributed by atoms with E-state index in [-0.39, 0.29) is 14.5 Å². The van der Waals surface area contributed by atoms with Gasteiger partial charge in [-0.1, -0.05) is 0 Å². The topological polar surface area (TPSA) is 38.7 Å². The third-order valence-corrected chi connectivity index (χ3v) is 12.8.